The number of aromatic nitrogens is 1. The summed E-state index contributed by atoms with van der Waals surface area (Å²) in [5.74, 6) is 1.93. The molecule has 0 saturated heterocycles. The predicted octanol–water partition coefficient (Wildman–Crippen LogP) is 4.94. The van der Waals surface area contributed by atoms with Crippen LogP contribution in [0.4, 0.5) is 0 Å². The van der Waals surface area contributed by atoms with E-state index >= 15 is 0 Å². The van der Waals surface area contributed by atoms with Crippen LogP contribution in [0.25, 0.3) is 0 Å². The minimum atomic E-state index is -0.0784. The number of ether oxygens (including phenoxy) is 1. The van der Waals surface area contributed by atoms with Crippen LogP contribution < -0.4 is 4.74 Å². The monoisotopic (exact) mass is 317 g/mol. The fourth-order valence-corrected chi connectivity index (χ4v) is 3.08. The molecule has 118 valence electrons. The highest BCUT2D eigenvalue weighted by Gasteiger charge is 2.12. The van der Waals surface area contributed by atoms with Crippen molar-refractivity contribution in [1.82, 2.24) is 4.98 Å². The van der Waals surface area contributed by atoms with E-state index in [0.29, 0.717) is 16.8 Å². The zero-order valence-electron chi connectivity index (χ0n) is 13.4. The van der Waals surface area contributed by atoms with Gasteiger partial charge in [0.2, 0.25) is 5.78 Å². The fourth-order valence-electron chi connectivity index (χ4n) is 2.52. The Balaban J connectivity index is 1.92. The maximum Gasteiger partial charge on any atom is 0.228 e. The van der Waals surface area contributed by atoms with Crippen molar-refractivity contribution in [3.63, 3.8) is 0 Å². The molecule has 1 unspecified atom stereocenters. The smallest absolute Gasteiger partial charge is 0.228 e. The molecule has 0 aliphatic heterocycles. The van der Waals surface area contributed by atoms with Crippen molar-refractivity contribution in [2.75, 3.05) is 6.61 Å². The van der Waals surface area contributed by atoms with Gasteiger partial charge in [-0.25, -0.2) is 4.98 Å². The van der Waals surface area contributed by atoms with Gasteiger partial charge < -0.3 is 4.74 Å². The minimum Gasteiger partial charge on any atom is -0.485 e. The number of hydrogen-bond donors (Lipinski definition) is 0. The molecular weight excluding hydrogens is 294 g/mol. The minimum absolute atomic E-state index is 0.0378. The molecule has 0 spiro atoms. The summed E-state index contributed by atoms with van der Waals surface area (Å²) in [6, 6.07) is 8.13. The summed E-state index contributed by atoms with van der Waals surface area (Å²) in [5, 5.41) is 2.29. The first-order valence-corrected chi connectivity index (χ1v) is 8.63. The lowest BCUT2D eigenvalue weighted by Gasteiger charge is -2.18. The number of nitrogens with zero attached hydrogens (tertiary/aromatic N) is 1. The van der Waals surface area contributed by atoms with Gasteiger partial charge in [0.05, 0.1) is 0 Å². The molecule has 2 aromatic rings. The Morgan fingerprint density at radius 3 is 2.55 bits per heavy atom. The van der Waals surface area contributed by atoms with Crippen LogP contribution in [0.15, 0.2) is 35.8 Å². The van der Waals surface area contributed by atoms with E-state index < -0.39 is 0 Å². The topological polar surface area (TPSA) is 39.2 Å². The Labute approximate surface area is 136 Å². The van der Waals surface area contributed by atoms with Crippen LogP contribution >= 0.6 is 11.3 Å². The second-order valence-electron chi connectivity index (χ2n) is 5.85. The number of carbonyl (C=O) groups excluding carboxylic acids is 1. The number of hydrogen-bond acceptors (Lipinski definition) is 4. The third-order valence-corrected chi connectivity index (χ3v) is 4.46. The van der Waals surface area contributed by atoms with Crippen molar-refractivity contribution in [2.24, 2.45) is 5.92 Å². The van der Waals surface area contributed by atoms with E-state index in [1.807, 2.05) is 12.1 Å². The number of thiazole rings is 1. The van der Waals surface area contributed by atoms with E-state index in [1.165, 1.54) is 23.3 Å². The van der Waals surface area contributed by atoms with Crippen LogP contribution in [0.5, 0.6) is 5.75 Å². The first-order chi connectivity index (χ1) is 10.6. The van der Waals surface area contributed by atoms with Crippen LogP contribution in [0.2, 0.25) is 0 Å². The lowest BCUT2D eigenvalue weighted by molar-refractivity contribution is 0.0921. The van der Waals surface area contributed by atoms with Crippen LogP contribution in [-0.4, -0.2) is 17.4 Å². The van der Waals surface area contributed by atoms with Crippen molar-refractivity contribution >= 4 is 17.1 Å². The van der Waals surface area contributed by atoms with Crippen LogP contribution in [0, 0.1) is 5.92 Å². The van der Waals surface area contributed by atoms with Crippen molar-refractivity contribution in [2.45, 2.75) is 39.5 Å². The van der Waals surface area contributed by atoms with Gasteiger partial charge in [0, 0.05) is 11.6 Å². The highest BCUT2D eigenvalue weighted by molar-refractivity contribution is 7.11. The number of carbonyl (C=O) groups is 1. The fraction of sp³-hybridized carbons (Fsp3) is 0.444. The quantitative estimate of drug-likeness (QED) is 0.647. The van der Waals surface area contributed by atoms with E-state index in [-0.39, 0.29) is 12.4 Å². The molecule has 1 aromatic heterocycles. The molecule has 0 aliphatic carbocycles. The zero-order chi connectivity index (χ0) is 15.9. The van der Waals surface area contributed by atoms with Gasteiger partial charge in [-0.2, -0.15) is 0 Å². The summed E-state index contributed by atoms with van der Waals surface area (Å²) in [7, 11) is 0. The molecule has 0 fully saturated rings. The molecule has 1 aromatic carbocycles. The highest BCUT2D eigenvalue weighted by Crippen LogP contribution is 2.28. The van der Waals surface area contributed by atoms with Crippen molar-refractivity contribution in [3.05, 3.63) is 46.4 Å². The Kier molecular flexibility index (Phi) is 6.13. The number of Topliss-reactive ketones (excluding diaryl/α,β-unsaturated/α-hetero) is 1. The first kappa shape index (κ1) is 16.7. The van der Waals surface area contributed by atoms with Crippen LogP contribution in [0.1, 0.15) is 54.9 Å². The second kappa shape index (κ2) is 8.08. The molecule has 4 heteroatoms. The molecule has 0 amide bonds. The molecular formula is C18H23NO2S. The van der Waals surface area contributed by atoms with Gasteiger partial charge in [-0.3, -0.25) is 4.79 Å². The van der Waals surface area contributed by atoms with E-state index in [0.717, 1.165) is 12.2 Å². The zero-order valence-corrected chi connectivity index (χ0v) is 14.2. The standard InChI is InChI=1S/C18H23NO2S/c1-4-14(11-13(2)3)15-5-7-16(8-6-15)21-12-17(20)18-19-9-10-22-18/h5-10,13-14H,4,11-12H2,1-3H3. The van der Waals surface area contributed by atoms with Gasteiger partial charge >= 0.3 is 0 Å². The van der Waals surface area contributed by atoms with Gasteiger partial charge in [-0.1, -0.05) is 32.9 Å². The molecule has 0 N–H and O–H groups in total. The third kappa shape index (κ3) is 4.67. The average molecular weight is 317 g/mol. The lowest BCUT2D eigenvalue weighted by atomic mass is 9.88. The molecule has 1 heterocycles. The summed E-state index contributed by atoms with van der Waals surface area (Å²) in [4.78, 5) is 15.8. The van der Waals surface area contributed by atoms with E-state index in [4.69, 9.17) is 4.74 Å². The van der Waals surface area contributed by atoms with Gasteiger partial charge in [0.15, 0.2) is 11.6 Å². The summed E-state index contributed by atoms with van der Waals surface area (Å²) in [6.45, 7) is 6.77. The highest BCUT2D eigenvalue weighted by atomic mass is 32.1. The molecule has 0 bridgehead atoms. The third-order valence-electron chi connectivity index (χ3n) is 3.64. The summed E-state index contributed by atoms with van der Waals surface area (Å²) in [5.41, 5.74) is 1.34. The molecule has 0 saturated carbocycles. The summed E-state index contributed by atoms with van der Waals surface area (Å²) >= 11 is 1.34. The van der Waals surface area contributed by atoms with Crippen molar-refractivity contribution in [3.8, 4) is 5.75 Å². The molecule has 0 radical (unpaired) electrons. The van der Waals surface area contributed by atoms with E-state index in [9.17, 15) is 4.79 Å². The second-order valence-corrected chi connectivity index (χ2v) is 6.75. The van der Waals surface area contributed by atoms with Gasteiger partial charge in [-0.05, 0) is 42.4 Å². The van der Waals surface area contributed by atoms with Crippen LogP contribution in [0.3, 0.4) is 0 Å². The van der Waals surface area contributed by atoms with Crippen molar-refractivity contribution < 1.29 is 9.53 Å². The van der Waals surface area contributed by atoms with Crippen molar-refractivity contribution in [1.29, 1.82) is 0 Å². The maximum atomic E-state index is 11.8. The van der Waals surface area contributed by atoms with E-state index in [1.54, 1.807) is 11.6 Å². The van der Waals surface area contributed by atoms with Gasteiger partial charge in [0.1, 0.15) is 5.75 Å². The van der Waals surface area contributed by atoms with Gasteiger partial charge in [0.25, 0.3) is 0 Å². The predicted molar refractivity (Wildman–Crippen MR) is 90.9 cm³/mol. The summed E-state index contributed by atoms with van der Waals surface area (Å²) in [6.07, 6.45) is 3.96. The molecule has 1 atom stereocenters. The Morgan fingerprint density at radius 1 is 1.27 bits per heavy atom. The average Bonchev–Trinajstić information content (AvgIpc) is 3.05. The lowest BCUT2D eigenvalue weighted by Crippen LogP contribution is -2.11. The molecule has 2 rings (SSSR count). The van der Waals surface area contributed by atoms with Gasteiger partial charge in [-0.15, -0.1) is 11.3 Å². The number of benzene rings is 1. The van der Waals surface area contributed by atoms with E-state index in [2.05, 4.69) is 37.9 Å². The molecule has 0 aliphatic rings. The Morgan fingerprint density at radius 2 is 2.00 bits per heavy atom. The molecule has 22 heavy (non-hydrogen) atoms. The largest absolute Gasteiger partial charge is 0.485 e. The number of ketones is 1. The first-order valence-electron chi connectivity index (χ1n) is 7.75. The summed E-state index contributed by atoms with van der Waals surface area (Å²) < 4.78 is 5.56. The molecule has 3 nitrogen and oxygen atoms in total. The Hall–Kier alpha value is -1.68. The maximum absolute atomic E-state index is 11.8. The number of rotatable bonds is 8. The Bertz CT molecular complexity index is 576. The van der Waals surface area contributed by atoms with Crippen LogP contribution in [-0.2, 0) is 0 Å². The SMILES string of the molecule is CCC(CC(C)C)c1ccc(OCC(=O)c2nccs2)cc1. The normalized spacial score (nSPS) is 12.4.